The summed E-state index contributed by atoms with van der Waals surface area (Å²) in [7, 11) is 1.53. The van der Waals surface area contributed by atoms with Crippen LogP contribution in [0.25, 0.3) is 5.52 Å². The van der Waals surface area contributed by atoms with Crippen LogP contribution in [0.3, 0.4) is 0 Å². The zero-order valence-corrected chi connectivity index (χ0v) is 19.6. The van der Waals surface area contributed by atoms with Gasteiger partial charge in [-0.05, 0) is 37.1 Å². The van der Waals surface area contributed by atoms with Crippen LogP contribution in [-0.4, -0.2) is 68.7 Å². The fourth-order valence-corrected chi connectivity index (χ4v) is 4.08. The molecular weight excluding hydrogens is 505 g/mol. The molecule has 2 aliphatic rings. The number of alkyl halides is 5. The summed E-state index contributed by atoms with van der Waals surface area (Å²) in [6.07, 6.45) is -4.06. The van der Waals surface area contributed by atoms with Crippen LogP contribution < -0.4 is 15.5 Å². The van der Waals surface area contributed by atoms with Gasteiger partial charge in [-0.15, -0.1) is 5.10 Å². The molecule has 37 heavy (non-hydrogen) atoms. The molecule has 2 fully saturated rings. The second-order valence-electron chi connectivity index (χ2n) is 9.00. The number of carboxylic acids is 1. The predicted molar refractivity (Wildman–Crippen MR) is 122 cm³/mol. The molecule has 1 spiro atoms. The van der Waals surface area contributed by atoms with Gasteiger partial charge in [0.15, 0.2) is 5.69 Å². The minimum absolute atomic E-state index is 0.00197. The Hall–Kier alpha value is -3.75. The monoisotopic (exact) mass is 529 g/mol. The maximum absolute atomic E-state index is 13.2. The van der Waals surface area contributed by atoms with Gasteiger partial charge in [0, 0.05) is 44.8 Å². The number of aryl methyl sites for hydroxylation is 1. The zero-order chi connectivity index (χ0) is 27.0. The molecule has 3 aromatic heterocycles. The lowest BCUT2D eigenvalue weighted by molar-refractivity contribution is -0.192. The lowest BCUT2D eigenvalue weighted by atomic mass is 10.1. The number of hydrogen-bond donors (Lipinski definition) is 3. The molecule has 0 bridgehead atoms. The van der Waals surface area contributed by atoms with Crippen molar-refractivity contribution in [1.29, 1.82) is 0 Å². The quantitative estimate of drug-likeness (QED) is 0.445. The van der Waals surface area contributed by atoms with E-state index in [2.05, 4.69) is 20.6 Å². The van der Waals surface area contributed by atoms with Crippen LogP contribution in [0.2, 0.25) is 0 Å². The number of halogens is 5. The van der Waals surface area contributed by atoms with Crippen molar-refractivity contribution in [3.63, 3.8) is 0 Å². The number of amides is 1. The summed E-state index contributed by atoms with van der Waals surface area (Å²) >= 11 is 0. The number of hydrogen-bond acceptors (Lipinski definition) is 6. The molecule has 1 aliphatic carbocycles. The fourth-order valence-electron chi connectivity index (χ4n) is 4.08. The van der Waals surface area contributed by atoms with E-state index in [4.69, 9.17) is 15.0 Å². The molecule has 1 saturated carbocycles. The number of carboxylic acid groups (broad SMARTS) is 1. The fraction of sp³-hybridized carbons (Fsp3) is 0.455. The third kappa shape index (κ3) is 5.98. The number of fused-ring (bicyclic) bond motifs is 1. The Morgan fingerprint density at radius 2 is 1.84 bits per heavy atom. The highest BCUT2D eigenvalue weighted by molar-refractivity contribution is 6.04. The molecule has 1 aliphatic heterocycles. The standard InChI is InChI=1S/C20H23F2N7O.C2HF3O2/c1-27-10-14(17(26-27)18(21)22)24-19(30)15-4-2-13-3-5-16(25-29(13)15)28-9-8-23-11-20(12-28)6-7-20;3-2(4,5)1(6)7/h2-5,10,18,23H,6-9,11-12H2,1H3,(H,24,30);(H,6,7). The first-order valence-corrected chi connectivity index (χ1v) is 11.3. The minimum atomic E-state index is -5.08. The van der Waals surface area contributed by atoms with Gasteiger partial charge < -0.3 is 20.6 Å². The third-order valence-corrected chi connectivity index (χ3v) is 6.14. The molecule has 0 aromatic carbocycles. The van der Waals surface area contributed by atoms with Crippen LogP contribution in [0.4, 0.5) is 33.5 Å². The van der Waals surface area contributed by atoms with Crippen LogP contribution in [0.15, 0.2) is 30.5 Å². The van der Waals surface area contributed by atoms with E-state index in [0.29, 0.717) is 5.41 Å². The van der Waals surface area contributed by atoms with Gasteiger partial charge in [-0.2, -0.15) is 18.3 Å². The summed E-state index contributed by atoms with van der Waals surface area (Å²) in [6, 6.07) is 7.32. The average molecular weight is 529 g/mol. The molecule has 200 valence electrons. The third-order valence-electron chi connectivity index (χ3n) is 6.14. The number of anilines is 2. The van der Waals surface area contributed by atoms with Crippen LogP contribution in [0.1, 0.15) is 35.4 Å². The zero-order valence-electron chi connectivity index (χ0n) is 19.6. The van der Waals surface area contributed by atoms with Gasteiger partial charge in [0.1, 0.15) is 11.5 Å². The van der Waals surface area contributed by atoms with Gasteiger partial charge in [0.25, 0.3) is 12.3 Å². The van der Waals surface area contributed by atoms with Gasteiger partial charge in [-0.1, -0.05) is 0 Å². The number of aliphatic carboxylic acids is 1. The average Bonchev–Trinajstić information content (AvgIpc) is 3.37. The number of nitrogens with one attached hydrogen (secondary N) is 2. The smallest absolute Gasteiger partial charge is 0.475 e. The number of aromatic nitrogens is 4. The Kier molecular flexibility index (Phi) is 7.08. The van der Waals surface area contributed by atoms with E-state index < -0.39 is 30.2 Å². The number of rotatable bonds is 4. The summed E-state index contributed by atoms with van der Waals surface area (Å²) < 4.78 is 60.9. The van der Waals surface area contributed by atoms with Crippen molar-refractivity contribution in [1.82, 2.24) is 24.7 Å². The molecule has 1 saturated heterocycles. The van der Waals surface area contributed by atoms with Crippen LogP contribution in [0.5, 0.6) is 0 Å². The number of carbonyl (C=O) groups excluding carboxylic acids is 1. The molecule has 3 N–H and O–H groups in total. The summed E-state index contributed by atoms with van der Waals surface area (Å²) in [6.45, 7) is 3.70. The van der Waals surface area contributed by atoms with Crippen LogP contribution >= 0.6 is 0 Å². The van der Waals surface area contributed by atoms with E-state index in [1.165, 1.54) is 30.8 Å². The second-order valence-corrected chi connectivity index (χ2v) is 9.00. The lowest BCUT2D eigenvalue weighted by Crippen LogP contribution is -2.32. The van der Waals surface area contributed by atoms with Gasteiger partial charge in [0.2, 0.25) is 0 Å². The first kappa shape index (κ1) is 26.3. The molecule has 0 unspecified atom stereocenters. The molecule has 0 radical (unpaired) electrons. The SMILES string of the molecule is Cn1cc(NC(=O)c2ccc3ccc(N4CCNCC5(CC5)C4)nn23)c(C(F)F)n1.O=C(O)C(F)(F)F. The molecule has 0 atom stereocenters. The largest absolute Gasteiger partial charge is 0.490 e. The summed E-state index contributed by atoms with van der Waals surface area (Å²) in [5.41, 5.74) is 0.920. The van der Waals surface area contributed by atoms with E-state index in [9.17, 15) is 26.7 Å². The van der Waals surface area contributed by atoms with E-state index >= 15 is 0 Å². The molecule has 15 heteroatoms. The maximum atomic E-state index is 13.2. The molecule has 5 rings (SSSR count). The van der Waals surface area contributed by atoms with Crippen LogP contribution in [0, 0.1) is 5.41 Å². The minimum Gasteiger partial charge on any atom is -0.475 e. The van der Waals surface area contributed by atoms with Crippen molar-refractivity contribution in [3.05, 3.63) is 41.9 Å². The summed E-state index contributed by atoms with van der Waals surface area (Å²) in [5.74, 6) is -2.46. The highest BCUT2D eigenvalue weighted by atomic mass is 19.4. The highest BCUT2D eigenvalue weighted by Crippen LogP contribution is 2.46. The van der Waals surface area contributed by atoms with Gasteiger partial charge >= 0.3 is 12.1 Å². The van der Waals surface area contributed by atoms with Gasteiger partial charge in [-0.3, -0.25) is 9.48 Å². The van der Waals surface area contributed by atoms with E-state index in [-0.39, 0.29) is 11.4 Å². The van der Waals surface area contributed by atoms with E-state index in [1.54, 1.807) is 16.6 Å². The first-order chi connectivity index (χ1) is 17.4. The van der Waals surface area contributed by atoms with Gasteiger partial charge in [0.05, 0.1) is 11.2 Å². The van der Waals surface area contributed by atoms with E-state index in [0.717, 1.165) is 37.5 Å². The second kappa shape index (κ2) is 9.95. The Labute approximate surface area is 207 Å². The van der Waals surface area contributed by atoms with Crippen molar-refractivity contribution < 1.29 is 36.6 Å². The number of carbonyl (C=O) groups is 2. The summed E-state index contributed by atoms with van der Waals surface area (Å²) in [5, 5.41) is 21.6. The maximum Gasteiger partial charge on any atom is 0.490 e. The molecule has 1 amide bonds. The molecule has 3 aromatic rings. The Bertz CT molecular complexity index is 1300. The topological polar surface area (TPSA) is 117 Å². The van der Waals surface area contributed by atoms with Gasteiger partial charge in [-0.25, -0.2) is 18.1 Å². The van der Waals surface area contributed by atoms with Crippen LogP contribution in [-0.2, 0) is 11.8 Å². The molecule has 4 heterocycles. The Balaban J connectivity index is 0.000000405. The highest BCUT2D eigenvalue weighted by Gasteiger charge is 2.44. The van der Waals surface area contributed by atoms with Crippen molar-refractivity contribution in [3.8, 4) is 0 Å². The normalized spacial score (nSPS) is 16.9. The van der Waals surface area contributed by atoms with Crippen molar-refractivity contribution in [2.75, 3.05) is 36.4 Å². The Morgan fingerprint density at radius 3 is 2.46 bits per heavy atom. The predicted octanol–water partition coefficient (Wildman–Crippen LogP) is 3.08. The Morgan fingerprint density at radius 1 is 1.16 bits per heavy atom. The van der Waals surface area contributed by atoms with E-state index in [1.807, 2.05) is 12.1 Å². The number of nitrogens with zero attached hydrogens (tertiary/aromatic N) is 5. The van der Waals surface area contributed by atoms with Crippen molar-refractivity contribution >= 4 is 28.9 Å². The van der Waals surface area contributed by atoms with Crippen molar-refractivity contribution in [2.24, 2.45) is 12.5 Å². The lowest BCUT2D eigenvalue weighted by Gasteiger charge is -2.24. The molecular formula is C22H24F5N7O3. The van der Waals surface area contributed by atoms with Crippen molar-refractivity contribution in [2.45, 2.75) is 25.4 Å². The first-order valence-electron chi connectivity index (χ1n) is 11.3. The summed E-state index contributed by atoms with van der Waals surface area (Å²) in [4.78, 5) is 24.0. The molecule has 10 nitrogen and oxygen atoms in total.